The maximum Gasteiger partial charge on any atom is 0.257 e. The molecular formula is C18H23ClN4O2. The number of nitrogens with zero attached hydrogens (tertiary/aromatic N) is 2. The molecule has 2 aromatic rings. The molecular weight excluding hydrogens is 340 g/mol. The Kier molecular flexibility index (Phi) is 7.03. The molecule has 0 radical (unpaired) electrons. The van der Waals surface area contributed by atoms with Crippen molar-refractivity contribution in [2.75, 3.05) is 44.9 Å². The number of carbonyl (C=O) groups is 1. The molecule has 0 fully saturated rings. The first kappa shape index (κ1) is 19.0. The van der Waals surface area contributed by atoms with Crippen molar-refractivity contribution >= 4 is 28.9 Å². The summed E-state index contributed by atoms with van der Waals surface area (Å²) in [6.07, 6.45) is 4.25. The zero-order valence-corrected chi connectivity index (χ0v) is 15.4. The summed E-state index contributed by atoms with van der Waals surface area (Å²) >= 11 is 6.08. The Balaban J connectivity index is 1.97. The summed E-state index contributed by atoms with van der Waals surface area (Å²) in [4.78, 5) is 18.6. The van der Waals surface area contributed by atoms with Crippen LogP contribution in [0.2, 0.25) is 5.02 Å². The molecule has 25 heavy (non-hydrogen) atoms. The van der Waals surface area contributed by atoms with Gasteiger partial charge >= 0.3 is 0 Å². The minimum absolute atomic E-state index is 0.245. The van der Waals surface area contributed by atoms with E-state index in [0.29, 0.717) is 22.0 Å². The van der Waals surface area contributed by atoms with E-state index in [2.05, 4.69) is 20.5 Å². The number of ether oxygens (including phenoxy) is 1. The van der Waals surface area contributed by atoms with E-state index < -0.39 is 0 Å². The molecule has 0 spiro atoms. The lowest BCUT2D eigenvalue weighted by Gasteiger charge is -2.11. The van der Waals surface area contributed by atoms with Gasteiger partial charge in [0.2, 0.25) is 0 Å². The van der Waals surface area contributed by atoms with E-state index in [0.717, 1.165) is 25.2 Å². The predicted molar refractivity (Wildman–Crippen MR) is 102 cm³/mol. The topological polar surface area (TPSA) is 66.5 Å². The number of halogens is 1. The van der Waals surface area contributed by atoms with Crippen molar-refractivity contribution < 1.29 is 9.53 Å². The number of rotatable bonds is 8. The van der Waals surface area contributed by atoms with Crippen LogP contribution in [0.1, 0.15) is 16.8 Å². The molecule has 6 nitrogen and oxygen atoms in total. The Morgan fingerprint density at radius 2 is 2.04 bits per heavy atom. The number of carbonyl (C=O) groups excluding carboxylic acids is 1. The van der Waals surface area contributed by atoms with Gasteiger partial charge in [-0.3, -0.25) is 9.78 Å². The molecule has 0 atom stereocenters. The van der Waals surface area contributed by atoms with Crippen molar-refractivity contribution in [2.24, 2.45) is 0 Å². The quantitative estimate of drug-likeness (QED) is 0.705. The zero-order chi connectivity index (χ0) is 18.2. The van der Waals surface area contributed by atoms with Crippen molar-refractivity contribution in [3.8, 4) is 5.75 Å². The lowest BCUT2D eigenvalue weighted by Crippen LogP contribution is -2.17. The van der Waals surface area contributed by atoms with Gasteiger partial charge in [0.15, 0.2) is 0 Å². The highest BCUT2D eigenvalue weighted by molar-refractivity contribution is 6.32. The number of methoxy groups -OCH3 is 1. The molecule has 1 aromatic carbocycles. The smallest absolute Gasteiger partial charge is 0.257 e. The number of amides is 1. The Labute approximate surface area is 153 Å². The first-order valence-electron chi connectivity index (χ1n) is 7.98. The summed E-state index contributed by atoms with van der Waals surface area (Å²) < 4.78 is 5.10. The second-order valence-electron chi connectivity index (χ2n) is 5.85. The Hall–Kier alpha value is -2.31. The van der Waals surface area contributed by atoms with Gasteiger partial charge in [0.25, 0.3) is 5.91 Å². The summed E-state index contributed by atoms with van der Waals surface area (Å²) in [5.41, 5.74) is 1.89. The van der Waals surface area contributed by atoms with Crippen molar-refractivity contribution in [1.29, 1.82) is 0 Å². The average Bonchev–Trinajstić information content (AvgIpc) is 2.59. The third-order valence-electron chi connectivity index (χ3n) is 3.52. The van der Waals surface area contributed by atoms with E-state index >= 15 is 0 Å². The third-order valence-corrected chi connectivity index (χ3v) is 3.82. The molecule has 2 rings (SSSR count). The molecule has 1 heterocycles. The van der Waals surface area contributed by atoms with Gasteiger partial charge in [0.05, 0.1) is 23.4 Å². The fraction of sp³-hybridized carbons (Fsp3) is 0.333. The molecule has 0 aliphatic rings. The van der Waals surface area contributed by atoms with Gasteiger partial charge in [-0.15, -0.1) is 0 Å². The van der Waals surface area contributed by atoms with E-state index in [9.17, 15) is 4.79 Å². The molecule has 7 heteroatoms. The van der Waals surface area contributed by atoms with E-state index in [4.69, 9.17) is 16.3 Å². The molecule has 0 saturated heterocycles. The van der Waals surface area contributed by atoms with Crippen LogP contribution in [0, 0.1) is 0 Å². The molecule has 0 unspecified atom stereocenters. The number of hydrogen-bond acceptors (Lipinski definition) is 5. The average molecular weight is 363 g/mol. The number of nitrogens with one attached hydrogen (secondary N) is 2. The summed E-state index contributed by atoms with van der Waals surface area (Å²) in [6, 6.07) is 6.87. The molecule has 134 valence electrons. The van der Waals surface area contributed by atoms with Crippen LogP contribution in [0.4, 0.5) is 11.4 Å². The van der Waals surface area contributed by atoms with Crippen LogP contribution >= 0.6 is 11.6 Å². The minimum atomic E-state index is -0.245. The van der Waals surface area contributed by atoms with Crippen LogP contribution in [0.25, 0.3) is 0 Å². The van der Waals surface area contributed by atoms with Gasteiger partial charge in [-0.2, -0.15) is 0 Å². The molecule has 1 aromatic heterocycles. The second-order valence-corrected chi connectivity index (χ2v) is 6.26. The molecule has 1 amide bonds. The van der Waals surface area contributed by atoms with Gasteiger partial charge in [-0.05, 0) is 51.3 Å². The normalized spacial score (nSPS) is 10.6. The summed E-state index contributed by atoms with van der Waals surface area (Å²) in [6.45, 7) is 1.82. The van der Waals surface area contributed by atoms with Crippen LogP contribution in [0.5, 0.6) is 5.75 Å². The van der Waals surface area contributed by atoms with E-state index in [1.54, 1.807) is 37.6 Å². The van der Waals surface area contributed by atoms with Crippen molar-refractivity contribution in [1.82, 2.24) is 9.88 Å². The summed E-state index contributed by atoms with van der Waals surface area (Å²) in [7, 11) is 5.62. The summed E-state index contributed by atoms with van der Waals surface area (Å²) in [5, 5.41) is 6.52. The fourth-order valence-corrected chi connectivity index (χ4v) is 2.49. The molecule has 0 aliphatic heterocycles. The third kappa shape index (κ3) is 5.92. The van der Waals surface area contributed by atoms with Gasteiger partial charge in [0, 0.05) is 24.6 Å². The SMILES string of the molecule is COc1ccc(NC(=O)c2cncc(NCCCN(C)C)c2)cc1Cl. The first-order chi connectivity index (χ1) is 12.0. The lowest BCUT2D eigenvalue weighted by molar-refractivity contribution is 0.102. The van der Waals surface area contributed by atoms with Gasteiger partial charge in [-0.25, -0.2) is 0 Å². The van der Waals surface area contributed by atoms with Crippen LogP contribution in [0.3, 0.4) is 0 Å². The van der Waals surface area contributed by atoms with E-state index in [1.807, 2.05) is 14.1 Å². The number of benzene rings is 1. The Morgan fingerprint density at radius 3 is 2.72 bits per heavy atom. The van der Waals surface area contributed by atoms with Crippen molar-refractivity contribution in [2.45, 2.75) is 6.42 Å². The predicted octanol–water partition coefficient (Wildman–Crippen LogP) is 3.36. The Bertz CT molecular complexity index is 722. The highest BCUT2D eigenvalue weighted by Crippen LogP contribution is 2.27. The molecule has 0 aliphatic carbocycles. The number of hydrogen-bond donors (Lipinski definition) is 2. The summed E-state index contributed by atoms with van der Waals surface area (Å²) in [5.74, 6) is 0.316. The largest absolute Gasteiger partial charge is 0.495 e. The van der Waals surface area contributed by atoms with Crippen LogP contribution < -0.4 is 15.4 Å². The maximum atomic E-state index is 12.4. The number of anilines is 2. The van der Waals surface area contributed by atoms with Crippen LogP contribution in [0.15, 0.2) is 36.7 Å². The van der Waals surface area contributed by atoms with Gasteiger partial charge in [0.1, 0.15) is 5.75 Å². The minimum Gasteiger partial charge on any atom is -0.495 e. The van der Waals surface area contributed by atoms with Crippen molar-refractivity contribution in [3.05, 3.63) is 47.2 Å². The standard InChI is InChI=1S/C18H23ClN4O2/c1-23(2)8-4-7-21-15-9-13(11-20-12-15)18(24)22-14-5-6-17(25-3)16(19)10-14/h5-6,9-12,21H,4,7-8H2,1-3H3,(H,22,24). The van der Waals surface area contributed by atoms with Crippen LogP contribution in [-0.2, 0) is 0 Å². The monoisotopic (exact) mass is 362 g/mol. The highest BCUT2D eigenvalue weighted by atomic mass is 35.5. The molecule has 0 bridgehead atoms. The van der Waals surface area contributed by atoms with E-state index in [1.165, 1.54) is 6.20 Å². The number of aromatic nitrogens is 1. The first-order valence-corrected chi connectivity index (χ1v) is 8.36. The lowest BCUT2D eigenvalue weighted by atomic mass is 10.2. The van der Waals surface area contributed by atoms with Crippen molar-refractivity contribution in [3.63, 3.8) is 0 Å². The second kappa shape index (κ2) is 9.25. The molecule has 0 saturated carbocycles. The van der Waals surface area contributed by atoms with E-state index in [-0.39, 0.29) is 5.91 Å². The fourth-order valence-electron chi connectivity index (χ4n) is 2.24. The van der Waals surface area contributed by atoms with Gasteiger partial charge in [-0.1, -0.05) is 11.6 Å². The van der Waals surface area contributed by atoms with Gasteiger partial charge < -0.3 is 20.3 Å². The highest BCUT2D eigenvalue weighted by Gasteiger charge is 2.09. The zero-order valence-electron chi connectivity index (χ0n) is 14.7. The molecule has 2 N–H and O–H groups in total. The Morgan fingerprint density at radius 1 is 1.24 bits per heavy atom. The number of pyridine rings is 1. The maximum absolute atomic E-state index is 12.4. The van der Waals surface area contributed by atoms with Crippen LogP contribution in [-0.4, -0.2) is 50.1 Å².